The number of aromatic nitrogens is 2. The molecule has 0 unspecified atom stereocenters. The van der Waals surface area contributed by atoms with Crippen LogP contribution in [0.5, 0.6) is 0 Å². The number of benzene rings is 1. The highest BCUT2D eigenvalue weighted by Gasteiger charge is 2.36. The highest BCUT2D eigenvalue weighted by Crippen LogP contribution is 2.32. The molecule has 0 bridgehead atoms. The predicted molar refractivity (Wildman–Crippen MR) is 115 cm³/mol. The Bertz CT molecular complexity index is 1040. The summed E-state index contributed by atoms with van der Waals surface area (Å²) in [5.74, 6) is 0.739. The van der Waals surface area contributed by atoms with Crippen LogP contribution in [0.1, 0.15) is 56.2 Å². The number of rotatable bonds is 4. The van der Waals surface area contributed by atoms with Crippen molar-refractivity contribution in [3.05, 3.63) is 42.0 Å². The first-order chi connectivity index (χ1) is 14.3. The topological polar surface area (TPSA) is 75.5 Å². The zero-order valence-electron chi connectivity index (χ0n) is 17.9. The van der Waals surface area contributed by atoms with Crippen molar-refractivity contribution in [3.8, 4) is 5.69 Å². The third-order valence-electron chi connectivity index (χ3n) is 6.04. The van der Waals surface area contributed by atoms with E-state index in [0.29, 0.717) is 35.5 Å². The van der Waals surface area contributed by atoms with Gasteiger partial charge in [-0.2, -0.15) is 4.31 Å². The van der Waals surface area contributed by atoms with E-state index in [1.807, 2.05) is 11.0 Å². The first-order valence-electron chi connectivity index (χ1n) is 10.7. The zero-order chi connectivity index (χ0) is 21.5. The third-order valence-corrected chi connectivity index (χ3v) is 7.93. The molecule has 0 saturated carbocycles. The van der Waals surface area contributed by atoms with E-state index in [0.717, 1.165) is 32.4 Å². The largest absolute Gasteiger partial charge is 0.337 e. The van der Waals surface area contributed by atoms with E-state index in [4.69, 9.17) is 0 Å². The molecular formula is C22H30N4O3S. The van der Waals surface area contributed by atoms with Gasteiger partial charge >= 0.3 is 0 Å². The van der Waals surface area contributed by atoms with Crippen molar-refractivity contribution in [2.75, 3.05) is 19.6 Å². The van der Waals surface area contributed by atoms with Crippen LogP contribution in [0.15, 0.2) is 35.5 Å². The Morgan fingerprint density at radius 2 is 2.03 bits per heavy atom. The Morgan fingerprint density at radius 1 is 1.27 bits per heavy atom. The van der Waals surface area contributed by atoms with E-state index in [2.05, 4.69) is 25.8 Å². The second-order valence-electron chi connectivity index (χ2n) is 8.90. The van der Waals surface area contributed by atoms with Crippen LogP contribution in [0.25, 0.3) is 5.69 Å². The van der Waals surface area contributed by atoms with Gasteiger partial charge in [-0.15, -0.1) is 0 Å². The molecule has 4 rings (SSSR count). The molecule has 3 heterocycles. The number of hydrogen-bond donors (Lipinski definition) is 0. The molecule has 162 valence electrons. The van der Waals surface area contributed by atoms with Gasteiger partial charge in [-0.1, -0.05) is 32.9 Å². The average molecular weight is 431 g/mol. The predicted octanol–water partition coefficient (Wildman–Crippen LogP) is 3.29. The average Bonchev–Trinajstić information content (AvgIpc) is 3.10. The van der Waals surface area contributed by atoms with E-state index in [9.17, 15) is 13.2 Å². The van der Waals surface area contributed by atoms with Gasteiger partial charge in [0.1, 0.15) is 11.2 Å². The minimum atomic E-state index is -3.67. The van der Waals surface area contributed by atoms with Crippen molar-refractivity contribution in [2.45, 2.75) is 51.5 Å². The molecule has 1 fully saturated rings. The maximum Gasteiger partial charge on any atom is 0.274 e. The van der Waals surface area contributed by atoms with Gasteiger partial charge in [0.15, 0.2) is 5.69 Å². The van der Waals surface area contributed by atoms with Gasteiger partial charge in [0.25, 0.3) is 5.91 Å². The number of carbonyl (C=O) groups is 1. The Hall–Kier alpha value is -2.19. The summed E-state index contributed by atoms with van der Waals surface area (Å²) in [5.41, 5.74) is 1.57. The second-order valence-corrected chi connectivity index (χ2v) is 10.8. The molecule has 0 radical (unpaired) electrons. The molecule has 1 aromatic heterocycles. The van der Waals surface area contributed by atoms with Crippen molar-refractivity contribution < 1.29 is 13.2 Å². The summed E-state index contributed by atoms with van der Waals surface area (Å²) in [5, 5.41) is 0. The highest BCUT2D eigenvalue weighted by molar-refractivity contribution is 7.89. The quantitative estimate of drug-likeness (QED) is 0.746. The lowest BCUT2D eigenvalue weighted by Crippen LogP contribution is -2.40. The molecule has 0 aliphatic carbocycles. The van der Waals surface area contributed by atoms with Crippen LogP contribution in [0.4, 0.5) is 0 Å². The number of imidazole rings is 1. The van der Waals surface area contributed by atoms with Crippen LogP contribution in [0.3, 0.4) is 0 Å². The Labute approximate surface area is 178 Å². The van der Waals surface area contributed by atoms with Gasteiger partial charge in [0.2, 0.25) is 10.0 Å². The molecule has 2 aliphatic rings. The molecule has 1 amide bonds. The second kappa shape index (κ2) is 8.15. The lowest BCUT2D eigenvalue weighted by atomic mass is 10.00. The summed E-state index contributed by atoms with van der Waals surface area (Å²) in [6, 6.07) is 6.97. The first kappa shape index (κ1) is 21.1. The molecule has 1 atom stereocenters. The number of hydrogen-bond acceptors (Lipinski definition) is 4. The Balaban J connectivity index is 1.78. The molecule has 2 aliphatic heterocycles. The van der Waals surface area contributed by atoms with Crippen LogP contribution in [-0.4, -0.2) is 52.7 Å². The summed E-state index contributed by atoms with van der Waals surface area (Å²) >= 11 is 0. The van der Waals surface area contributed by atoms with E-state index < -0.39 is 10.0 Å². The number of para-hydroxylation sites is 1. The maximum absolute atomic E-state index is 13.4. The molecule has 1 saturated heterocycles. The van der Waals surface area contributed by atoms with Gasteiger partial charge in [-0.3, -0.25) is 9.36 Å². The van der Waals surface area contributed by atoms with Crippen LogP contribution in [0, 0.1) is 11.8 Å². The Morgan fingerprint density at radius 3 is 2.77 bits per heavy atom. The number of likely N-dealkylation sites (tertiary alicyclic amines) is 1. The number of nitrogens with zero attached hydrogens (tertiary/aromatic N) is 4. The molecule has 0 N–H and O–H groups in total. The summed E-state index contributed by atoms with van der Waals surface area (Å²) in [4.78, 5) is 19.9. The fraction of sp³-hybridized carbons (Fsp3) is 0.545. The van der Waals surface area contributed by atoms with E-state index >= 15 is 0 Å². The van der Waals surface area contributed by atoms with Crippen LogP contribution < -0.4 is 0 Å². The summed E-state index contributed by atoms with van der Waals surface area (Å²) in [6.45, 7) is 8.31. The van der Waals surface area contributed by atoms with Crippen molar-refractivity contribution >= 4 is 15.9 Å². The Kier molecular flexibility index (Phi) is 5.72. The van der Waals surface area contributed by atoms with Crippen molar-refractivity contribution in [2.24, 2.45) is 11.8 Å². The molecule has 7 nitrogen and oxygen atoms in total. The van der Waals surface area contributed by atoms with E-state index in [-0.39, 0.29) is 17.3 Å². The summed E-state index contributed by atoms with van der Waals surface area (Å²) in [7, 11) is -3.67. The molecule has 1 aromatic carbocycles. The van der Waals surface area contributed by atoms with E-state index in [1.54, 1.807) is 29.1 Å². The van der Waals surface area contributed by atoms with Gasteiger partial charge in [-0.25, -0.2) is 13.4 Å². The molecule has 0 spiro atoms. The van der Waals surface area contributed by atoms with Crippen LogP contribution in [-0.2, 0) is 16.6 Å². The number of fused-ring (bicyclic) bond motifs is 3. The van der Waals surface area contributed by atoms with Gasteiger partial charge in [0.05, 0.1) is 17.9 Å². The van der Waals surface area contributed by atoms with Gasteiger partial charge < -0.3 is 4.90 Å². The van der Waals surface area contributed by atoms with E-state index in [1.165, 1.54) is 4.31 Å². The minimum Gasteiger partial charge on any atom is -0.337 e. The third kappa shape index (κ3) is 3.78. The van der Waals surface area contributed by atoms with Crippen LogP contribution >= 0.6 is 0 Å². The number of piperidine rings is 1. The van der Waals surface area contributed by atoms with Gasteiger partial charge in [0, 0.05) is 19.6 Å². The lowest BCUT2D eigenvalue weighted by Gasteiger charge is -2.30. The SMILES string of the molecule is CC(C)CCN1Cc2c(C(=O)N3CCC[C@@H](C)C3)ncn2-c2ccccc2S1(=O)=O. The van der Waals surface area contributed by atoms with Crippen molar-refractivity contribution in [1.82, 2.24) is 18.8 Å². The van der Waals surface area contributed by atoms with Crippen molar-refractivity contribution in [3.63, 3.8) is 0 Å². The summed E-state index contributed by atoms with van der Waals surface area (Å²) < 4.78 is 30.1. The standard InChI is InChI=1S/C22H30N4O3S/c1-16(2)10-12-25-14-19-21(22(27)24-11-6-7-17(3)13-24)23-15-26(19)18-8-4-5-9-20(18)30(25,28)29/h4-5,8-9,15-17H,6-7,10-14H2,1-3H3/t17-/m1/s1. The minimum absolute atomic E-state index is 0.101. The van der Waals surface area contributed by atoms with Crippen LogP contribution in [0.2, 0.25) is 0 Å². The maximum atomic E-state index is 13.4. The molecule has 8 heteroatoms. The smallest absolute Gasteiger partial charge is 0.274 e. The fourth-order valence-corrected chi connectivity index (χ4v) is 5.90. The number of sulfonamides is 1. The number of carbonyl (C=O) groups excluding carboxylic acids is 1. The monoisotopic (exact) mass is 430 g/mol. The highest BCUT2D eigenvalue weighted by atomic mass is 32.2. The number of amides is 1. The normalized spacial score (nSPS) is 21.2. The molecule has 30 heavy (non-hydrogen) atoms. The molecular weight excluding hydrogens is 400 g/mol. The first-order valence-corrected chi connectivity index (χ1v) is 12.2. The summed E-state index contributed by atoms with van der Waals surface area (Å²) in [6.07, 6.45) is 4.46. The fourth-order valence-electron chi connectivity index (χ4n) is 4.30. The molecule has 2 aromatic rings. The zero-order valence-corrected chi connectivity index (χ0v) is 18.7. The van der Waals surface area contributed by atoms with Gasteiger partial charge in [-0.05, 0) is 43.2 Å². The lowest BCUT2D eigenvalue weighted by molar-refractivity contribution is 0.0675. The van der Waals surface area contributed by atoms with Crippen molar-refractivity contribution in [1.29, 1.82) is 0 Å².